The molecule has 3 heterocycles. The van der Waals surface area contributed by atoms with E-state index in [2.05, 4.69) is 51.4 Å². The van der Waals surface area contributed by atoms with Gasteiger partial charge in [0, 0.05) is 56.8 Å². The summed E-state index contributed by atoms with van der Waals surface area (Å²) in [5, 5.41) is 8.53. The summed E-state index contributed by atoms with van der Waals surface area (Å²) >= 11 is 0. The second-order valence-corrected chi connectivity index (χ2v) is 9.92. The average molecular weight is 504 g/mol. The monoisotopic (exact) mass is 503 g/mol. The molecule has 0 radical (unpaired) electrons. The van der Waals surface area contributed by atoms with Gasteiger partial charge in [-0.1, -0.05) is 23.4 Å². The number of halogens is 1. The molecule has 1 N–H and O–H groups in total. The molecule has 4 aromatic rings. The number of fused-ring (bicyclic) bond motifs is 1. The molecule has 0 spiro atoms. The van der Waals surface area contributed by atoms with Gasteiger partial charge in [0.15, 0.2) is 0 Å². The first-order valence-corrected chi connectivity index (χ1v) is 12.7. The largest absolute Gasteiger partial charge is 0.365 e. The fourth-order valence-electron chi connectivity index (χ4n) is 4.74. The normalized spacial score (nSPS) is 14.6. The standard InChI is InChI=1S/C28H34FN7O/c1-19-26(20(2)37-33-19)22-7-10-25-24(17-22)27(30-18-21-5-8-23(29)9-6-21)32-28(31-25)36-15-13-35(14-16-36)12-11-34(3)4/h5-10,17H,11-16,18H2,1-4H3,(H,30,31,32). The van der Waals surface area contributed by atoms with Gasteiger partial charge < -0.3 is 19.6 Å². The molecule has 9 heteroatoms. The number of aryl methyl sites for hydroxylation is 2. The predicted octanol–water partition coefficient (Wildman–Crippen LogP) is 4.34. The Labute approximate surface area is 217 Å². The van der Waals surface area contributed by atoms with E-state index in [-0.39, 0.29) is 5.82 Å². The Morgan fingerprint density at radius 2 is 1.76 bits per heavy atom. The van der Waals surface area contributed by atoms with Crippen molar-refractivity contribution in [2.24, 2.45) is 0 Å². The summed E-state index contributed by atoms with van der Waals surface area (Å²) in [5.74, 6) is 2.02. The number of hydrogen-bond acceptors (Lipinski definition) is 8. The molecule has 1 saturated heterocycles. The van der Waals surface area contributed by atoms with E-state index in [0.29, 0.717) is 6.54 Å². The van der Waals surface area contributed by atoms with Gasteiger partial charge in [0.05, 0.1) is 11.2 Å². The maximum atomic E-state index is 13.4. The third-order valence-corrected chi connectivity index (χ3v) is 6.90. The summed E-state index contributed by atoms with van der Waals surface area (Å²) in [5.41, 5.74) is 4.70. The molecule has 194 valence electrons. The van der Waals surface area contributed by atoms with Crippen molar-refractivity contribution >= 4 is 22.7 Å². The second kappa shape index (κ2) is 10.8. The highest BCUT2D eigenvalue weighted by atomic mass is 19.1. The molecule has 1 fully saturated rings. The van der Waals surface area contributed by atoms with Crippen molar-refractivity contribution in [2.45, 2.75) is 20.4 Å². The van der Waals surface area contributed by atoms with Crippen LogP contribution in [0.25, 0.3) is 22.0 Å². The Bertz CT molecular complexity index is 1340. The fourth-order valence-corrected chi connectivity index (χ4v) is 4.74. The highest BCUT2D eigenvalue weighted by molar-refractivity contribution is 5.94. The van der Waals surface area contributed by atoms with Crippen LogP contribution < -0.4 is 10.2 Å². The molecule has 1 aliphatic heterocycles. The van der Waals surface area contributed by atoms with Crippen LogP contribution in [0.4, 0.5) is 16.2 Å². The van der Waals surface area contributed by atoms with E-state index in [1.807, 2.05) is 19.9 Å². The van der Waals surface area contributed by atoms with Gasteiger partial charge in [-0.3, -0.25) is 4.90 Å². The van der Waals surface area contributed by atoms with E-state index in [1.165, 1.54) is 12.1 Å². The molecule has 0 aliphatic carbocycles. The molecule has 1 aliphatic rings. The predicted molar refractivity (Wildman–Crippen MR) is 145 cm³/mol. The quantitative estimate of drug-likeness (QED) is 0.381. The van der Waals surface area contributed by atoms with E-state index >= 15 is 0 Å². The van der Waals surface area contributed by atoms with Crippen molar-refractivity contribution < 1.29 is 8.91 Å². The molecule has 37 heavy (non-hydrogen) atoms. The number of piperazine rings is 1. The lowest BCUT2D eigenvalue weighted by Gasteiger charge is -2.35. The van der Waals surface area contributed by atoms with Gasteiger partial charge in [-0.05, 0) is 63.3 Å². The zero-order valence-electron chi connectivity index (χ0n) is 22.0. The highest BCUT2D eigenvalue weighted by Gasteiger charge is 2.21. The smallest absolute Gasteiger partial charge is 0.227 e. The lowest BCUT2D eigenvalue weighted by Crippen LogP contribution is -2.48. The third kappa shape index (κ3) is 5.73. The Balaban J connectivity index is 1.45. The highest BCUT2D eigenvalue weighted by Crippen LogP contribution is 2.32. The molecule has 2 aromatic carbocycles. The average Bonchev–Trinajstić information content (AvgIpc) is 3.24. The first-order chi connectivity index (χ1) is 17.9. The topological polar surface area (TPSA) is 73.6 Å². The van der Waals surface area contributed by atoms with Crippen LogP contribution in [-0.2, 0) is 6.54 Å². The number of benzene rings is 2. The van der Waals surface area contributed by atoms with Crippen molar-refractivity contribution in [1.29, 1.82) is 0 Å². The molecule has 0 atom stereocenters. The van der Waals surface area contributed by atoms with Crippen molar-refractivity contribution in [2.75, 3.05) is 63.6 Å². The van der Waals surface area contributed by atoms with Crippen molar-refractivity contribution in [3.8, 4) is 11.1 Å². The number of hydrogen-bond donors (Lipinski definition) is 1. The number of anilines is 2. The molecular weight excluding hydrogens is 469 g/mol. The van der Waals surface area contributed by atoms with Crippen LogP contribution in [0, 0.1) is 19.7 Å². The minimum Gasteiger partial charge on any atom is -0.365 e. The first-order valence-electron chi connectivity index (χ1n) is 12.7. The van der Waals surface area contributed by atoms with Gasteiger partial charge in [0.1, 0.15) is 17.4 Å². The van der Waals surface area contributed by atoms with Crippen LogP contribution in [0.2, 0.25) is 0 Å². The molecule has 0 unspecified atom stereocenters. The molecule has 0 amide bonds. The number of likely N-dealkylation sites (N-methyl/N-ethyl adjacent to an activating group) is 1. The first kappa shape index (κ1) is 25.1. The minimum absolute atomic E-state index is 0.243. The summed E-state index contributed by atoms with van der Waals surface area (Å²) in [6.45, 7) is 10.2. The van der Waals surface area contributed by atoms with Crippen molar-refractivity contribution in [3.05, 3.63) is 65.3 Å². The van der Waals surface area contributed by atoms with E-state index in [9.17, 15) is 4.39 Å². The SMILES string of the molecule is Cc1noc(C)c1-c1ccc2nc(N3CCN(CCN(C)C)CC3)nc(NCc3ccc(F)cc3)c2c1. The lowest BCUT2D eigenvalue weighted by atomic mass is 10.0. The minimum atomic E-state index is -0.243. The van der Waals surface area contributed by atoms with E-state index < -0.39 is 0 Å². The van der Waals surface area contributed by atoms with E-state index in [4.69, 9.17) is 14.5 Å². The number of nitrogens with zero attached hydrogens (tertiary/aromatic N) is 6. The van der Waals surface area contributed by atoms with Crippen LogP contribution in [0.1, 0.15) is 17.0 Å². The molecule has 0 bridgehead atoms. The summed E-state index contributed by atoms with van der Waals surface area (Å²) < 4.78 is 18.8. The van der Waals surface area contributed by atoms with Crippen LogP contribution in [0.3, 0.4) is 0 Å². The maximum Gasteiger partial charge on any atom is 0.227 e. The van der Waals surface area contributed by atoms with E-state index in [0.717, 1.165) is 90.1 Å². The summed E-state index contributed by atoms with van der Waals surface area (Å²) in [6, 6.07) is 12.7. The Kier molecular flexibility index (Phi) is 7.34. The lowest BCUT2D eigenvalue weighted by molar-refractivity contribution is 0.229. The molecule has 2 aromatic heterocycles. The van der Waals surface area contributed by atoms with Crippen LogP contribution >= 0.6 is 0 Å². The van der Waals surface area contributed by atoms with Crippen LogP contribution in [0.15, 0.2) is 47.0 Å². The molecule has 0 saturated carbocycles. The van der Waals surface area contributed by atoms with Gasteiger partial charge in [-0.15, -0.1) is 0 Å². The van der Waals surface area contributed by atoms with Crippen molar-refractivity contribution in [3.63, 3.8) is 0 Å². The van der Waals surface area contributed by atoms with Crippen LogP contribution in [0.5, 0.6) is 0 Å². The van der Waals surface area contributed by atoms with Gasteiger partial charge in [0.2, 0.25) is 5.95 Å². The molecule has 8 nitrogen and oxygen atoms in total. The summed E-state index contributed by atoms with van der Waals surface area (Å²) in [7, 11) is 4.22. The Morgan fingerprint density at radius 1 is 1.00 bits per heavy atom. The Morgan fingerprint density at radius 3 is 2.43 bits per heavy atom. The molecule has 5 rings (SSSR count). The Hall–Kier alpha value is -3.56. The third-order valence-electron chi connectivity index (χ3n) is 6.90. The zero-order chi connectivity index (χ0) is 25.9. The van der Waals surface area contributed by atoms with Gasteiger partial charge in [-0.2, -0.15) is 4.98 Å². The van der Waals surface area contributed by atoms with E-state index in [1.54, 1.807) is 12.1 Å². The van der Waals surface area contributed by atoms with Gasteiger partial charge >= 0.3 is 0 Å². The summed E-state index contributed by atoms with van der Waals surface area (Å²) in [4.78, 5) is 16.9. The number of rotatable bonds is 8. The van der Waals surface area contributed by atoms with Gasteiger partial charge in [-0.25, -0.2) is 9.37 Å². The second-order valence-electron chi connectivity index (χ2n) is 9.92. The fraction of sp³-hybridized carbons (Fsp3) is 0.393. The van der Waals surface area contributed by atoms with Gasteiger partial charge in [0.25, 0.3) is 0 Å². The maximum absolute atomic E-state index is 13.4. The molecular formula is C28H34FN7O. The zero-order valence-corrected chi connectivity index (χ0v) is 22.0. The summed E-state index contributed by atoms with van der Waals surface area (Å²) in [6.07, 6.45) is 0. The number of nitrogens with one attached hydrogen (secondary N) is 1. The van der Waals surface area contributed by atoms with Crippen LogP contribution in [-0.4, -0.2) is 78.3 Å². The number of aromatic nitrogens is 3. The van der Waals surface area contributed by atoms with Crippen molar-refractivity contribution in [1.82, 2.24) is 24.9 Å².